The first-order valence-corrected chi connectivity index (χ1v) is 9.26. The molecule has 1 atom stereocenters. The highest BCUT2D eigenvalue weighted by molar-refractivity contribution is 8.00. The number of unbranched alkanes of at least 4 members (excludes halogenated alkanes) is 1. The Morgan fingerprint density at radius 3 is 2.67 bits per heavy atom. The zero-order valence-electron chi connectivity index (χ0n) is 14.2. The Hall–Kier alpha value is -1.27. The summed E-state index contributed by atoms with van der Waals surface area (Å²) in [6.45, 7) is 5.95. The summed E-state index contributed by atoms with van der Waals surface area (Å²) >= 11 is 7.22. The predicted molar refractivity (Wildman–Crippen MR) is 96.1 cm³/mol. The van der Waals surface area contributed by atoms with Crippen LogP contribution in [0.3, 0.4) is 0 Å². The molecule has 7 heteroatoms. The second kappa shape index (κ2) is 10.6. The van der Waals surface area contributed by atoms with E-state index in [1.54, 1.807) is 6.92 Å². The van der Waals surface area contributed by atoms with Crippen molar-refractivity contribution in [2.75, 3.05) is 11.9 Å². The zero-order valence-corrected chi connectivity index (χ0v) is 15.7. The first kappa shape index (κ1) is 20.8. The van der Waals surface area contributed by atoms with Crippen LogP contribution in [0.4, 0.5) is 10.1 Å². The number of hydrogen-bond donors (Lipinski definition) is 1. The Labute approximate surface area is 151 Å². The van der Waals surface area contributed by atoms with Gasteiger partial charge in [-0.05, 0) is 31.9 Å². The van der Waals surface area contributed by atoms with E-state index in [4.69, 9.17) is 16.3 Å². The van der Waals surface area contributed by atoms with Crippen LogP contribution in [0.2, 0.25) is 5.02 Å². The van der Waals surface area contributed by atoms with Crippen LogP contribution >= 0.6 is 23.4 Å². The molecule has 0 bridgehead atoms. The second-order valence-electron chi connectivity index (χ2n) is 5.34. The van der Waals surface area contributed by atoms with Crippen molar-refractivity contribution in [2.24, 2.45) is 0 Å². The number of thioether (sulfide) groups is 1. The van der Waals surface area contributed by atoms with Crippen LogP contribution in [-0.4, -0.2) is 23.7 Å². The van der Waals surface area contributed by atoms with Crippen molar-refractivity contribution >= 4 is 40.9 Å². The summed E-state index contributed by atoms with van der Waals surface area (Å²) < 4.78 is 19.1. The number of nitrogens with one attached hydrogen (secondary N) is 1. The van der Waals surface area contributed by atoms with Crippen molar-refractivity contribution in [3.8, 4) is 0 Å². The number of carbonyl (C=O) groups is 2. The molecule has 1 aromatic carbocycles. The highest BCUT2D eigenvalue weighted by Gasteiger charge is 2.19. The van der Waals surface area contributed by atoms with E-state index in [1.807, 2.05) is 13.8 Å². The third kappa shape index (κ3) is 6.69. The number of carbonyl (C=O) groups excluding carboxylic acids is 2. The number of ether oxygens (including phenoxy) is 1. The fraction of sp³-hybridized carbons (Fsp3) is 0.529. The standard InChI is InChI=1S/C17H23ClFNO3S/c1-4-6-7-16(21)20-14-10-15(12(18)9-13(14)19)24-11(3)17(22)23-8-5-2/h9-11H,4-8H2,1-3H3,(H,20,21). The van der Waals surface area contributed by atoms with Crippen LogP contribution in [-0.2, 0) is 14.3 Å². The van der Waals surface area contributed by atoms with E-state index < -0.39 is 11.1 Å². The second-order valence-corrected chi connectivity index (χ2v) is 7.13. The van der Waals surface area contributed by atoms with E-state index in [0.717, 1.165) is 25.3 Å². The molecule has 0 radical (unpaired) electrons. The Morgan fingerprint density at radius 1 is 1.33 bits per heavy atom. The van der Waals surface area contributed by atoms with Gasteiger partial charge in [0, 0.05) is 11.3 Å². The summed E-state index contributed by atoms with van der Waals surface area (Å²) in [4.78, 5) is 24.1. The van der Waals surface area contributed by atoms with E-state index in [1.165, 1.54) is 17.8 Å². The molecule has 1 unspecified atom stereocenters. The summed E-state index contributed by atoms with van der Waals surface area (Å²) in [5.41, 5.74) is 0.0668. The van der Waals surface area contributed by atoms with Crippen LogP contribution in [0, 0.1) is 5.82 Å². The van der Waals surface area contributed by atoms with Gasteiger partial charge in [0.1, 0.15) is 11.1 Å². The smallest absolute Gasteiger partial charge is 0.319 e. The van der Waals surface area contributed by atoms with Gasteiger partial charge in [-0.1, -0.05) is 31.9 Å². The average molecular weight is 376 g/mol. The highest BCUT2D eigenvalue weighted by atomic mass is 35.5. The van der Waals surface area contributed by atoms with Crippen LogP contribution in [0.25, 0.3) is 0 Å². The van der Waals surface area contributed by atoms with Gasteiger partial charge in [-0.15, -0.1) is 11.8 Å². The van der Waals surface area contributed by atoms with Gasteiger partial charge in [0.2, 0.25) is 5.91 Å². The first-order chi connectivity index (χ1) is 11.4. The molecule has 1 aromatic rings. The average Bonchev–Trinajstić information content (AvgIpc) is 2.54. The lowest BCUT2D eigenvalue weighted by Crippen LogP contribution is -2.17. The van der Waals surface area contributed by atoms with Crippen molar-refractivity contribution < 1.29 is 18.7 Å². The lowest BCUT2D eigenvalue weighted by molar-refractivity contribution is -0.142. The van der Waals surface area contributed by atoms with Crippen LogP contribution in [0.15, 0.2) is 17.0 Å². The van der Waals surface area contributed by atoms with Crippen molar-refractivity contribution in [3.63, 3.8) is 0 Å². The molecule has 1 amide bonds. The molecular weight excluding hydrogens is 353 g/mol. The first-order valence-electron chi connectivity index (χ1n) is 8.01. The molecule has 0 saturated carbocycles. The molecule has 0 aliphatic heterocycles. The van der Waals surface area contributed by atoms with Crippen LogP contribution in [0.5, 0.6) is 0 Å². The van der Waals surface area contributed by atoms with Gasteiger partial charge < -0.3 is 10.1 Å². The fourth-order valence-electron chi connectivity index (χ4n) is 1.82. The Bertz CT molecular complexity index is 583. The molecule has 0 aliphatic carbocycles. The number of benzene rings is 1. The molecule has 1 N–H and O–H groups in total. The van der Waals surface area contributed by atoms with Gasteiger partial charge in [0.25, 0.3) is 0 Å². The molecule has 0 saturated heterocycles. The molecule has 0 spiro atoms. The van der Waals surface area contributed by atoms with E-state index in [0.29, 0.717) is 17.9 Å². The molecule has 0 aromatic heterocycles. The maximum absolute atomic E-state index is 14.0. The SMILES string of the molecule is CCCCC(=O)Nc1cc(SC(C)C(=O)OCCC)c(Cl)cc1F. The largest absolute Gasteiger partial charge is 0.465 e. The summed E-state index contributed by atoms with van der Waals surface area (Å²) in [5.74, 6) is -1.20. The Morgan fingerprint density at radius 2 is 2.04 bits per heavy atom. The minimum Gasteiger partial charge on any atom is -0.465 e. The van der Waals surface area contributed by atoms with E-state index in [9.17, 15) is 14.0 Å². The lowest BCUT2D eigenvalue weighted by atomic mass is 10.2. The van der Waals surface area contributed by atoms with Gasteiger partial charge in [-0.3, -0.25) is 9.59 Å². The third-order valence-electron chi connectivity index (χ3n) is 3.14. The Balaban J connectivity index is 2.82. The van der Waals surface area contributed by atoms with Crippen molar-refractivity contribution in [3.05, 3.63) is 23.0 Å². The quantitative estimate of drug-likeness (QED) is 0.485. The maximum Gasteiger partial charge on any atom is 0.319 e. The van der Waals surface area contributed by atoms with Crippen molar-refractivity contribution in [1.82, 2.24) is 0 Å². The minimum atomic E-state index is -0.601. The number of esters is 1. The molecule has 0 heterocycles. The van der Waals surface area contributed by atoms with Crippen molar-refractivity contribution in [1.29, 1.82) is 0 Å². The van der Waals surface area contributed by atoms with Crippen LogP contribution < -0.4 is 5.32 Å². The lowest BCUT2D eigenvalue weighted by Gasteiger charge is -2.14. The number of halogens is 2. The monoisotopic (exact) mass is 375 g/mol. The summed E-state index contributed by atoms with van der Waals surface area (Å²) in [6, 6.07) is 2.60. The number of hydrogen-bond acceptors (Lipinski definition) is 4. The predicted octanol–water partition coefficient (Wildman–Crippen LogP) is 5.04. The molecule has 1 rings (SSSR count). The number of rotatable bonds is 9. The molecule has 134 valence electrons. The molecule has 0 fully saturated rings. The zero-order chi connectivity index (χ0) is 18.1. The maximum atomic E-state index is 14.0. The number of amides is 1. The Kier molecular flexibility index (Phi) is 9.14. The van der Waals surface area contributed by atoms with Gasteiger partial charge in [0.15, 0.2) is 0 Å². The topological polar surface area (TPSA) is 55.4 Å². The summed E-state index contributed by atoms with van der Waals surface area (Å²) in [7, 11) is 0. The van der Waals surface area contributed by atoms with Crippen molar-refractivity contribution in [2.45, 2.75) is 56.6 Å². The number of anilines is 1. The molecular formula is C17H23ClFNO3S. The molecule has 24 heavy (non-hydrogen) atoms. The van der Waals surface area contributed by atoms with Gasteiger partial charge in [-0.25, -0.2) is 4.39 Å². The normalized spacial score (nSPS) is 11.9. The summed E-state index contributed by atoms with van der Waals surface area (Å²) in [5, 5.41) is 2.26. The van der Waals surface area contributed by atoms with Crippen LogP contribution in [0.1, 0.15) is 46.5 Å². The molecule has 4 nitrogen and oxygen atoms in total. The van der Waals surface area contributed by atoms with Gasteiger partial charge in [-0.2, -0.15) is 0 Å². The molecule has 0 aliphatic rings. The third-order valence-corrected chi connectivity index (χ3v) is 4.70. The highest BCUT2D eigenvalue weighted by Crippen LogP contribution is 2.34. The minimum absolute atomic E-state index is 0.0668. The summed E-state index contributed by atoms with van der Waals surface area (Å²) in [6.07, 6.45) is 2.70. The van der Waals surface area contributed by atoms with E-state index >= 15 is 0 Å². The fourth-order valence-corrected chi connectivity index (χ4v) is 3.01. The van der Waals surface area contributed by atoms with E-state index in [-0.39, 0.29) is 22.6 Å². The van der Waals surface area contributed by atoms with E-state index in [2.05, 4.69) is 5.32 Å². The van der Waals surface area contributed by atoms with Gasteiger partial charge >= 0.3 is 5.97 Å². The van der Waals surface area contributed by atoms with Gasteiger partial charge in [0.05, 0.1) is 17.3 Å².